The largest absolute Gasteiger partial charge is 0.312 e. The van der Waals surface area contributed by atoms with Gasteiger partial charge < -0.3 is 5.32 Å². The van der Waals surface area contributed by atoms with Gasteiger partial charge in [0.15, 0.2) is 0 Å². The van der Waals surface area contributed by atoms with Gasteiger partial charge in [0.1, 0.15) is 11.1 Å². The Labute approximate surface area is 203 Å². The van der Waals surface area contributed by atoms with Gasteiger partial charge in [0.25, 0.3) is 5.91 Å². The Hall–Kier alpha value is -2.99. The fourth-order valence-corrected chi connectivity index (χ4v) is 7.38. The number of benzene rings is 2. The van der Waals surface area contributed by atoms with E-state index >= 15 is 0 Å². The number of anilines is 1. The fourth-order valence-electron chi connectivity index (χ4n) is 4.73. The summed E-state index contributed by atoms with van der Waals surface area (Å²) in [5.41, 5.74) is 4.21. The highest BCUT2D eigenvalue weighted by molar-refractivity contribution is 7.89. The van der Waals surface area contributed by atoms with Gasteiger partial charge in [-0.2, -0.15) is 9.57 Å². The van der Waals surface area contributed by atoms with E-state index in [9.17, 15) is 18.5 Å². The summed E-state index contributed by atoms with van der Waals surface area (Å²) in [4.78, 5) is 14.2. The first kappa shape index (κ1) is 22.8. The third-order valence-electron chi connectivity index (χ3n) is 6.61. The fraction of sp³-hybridized carbons (Fsp3) is 0.308. The summed E-state index contributed by atoms with van der Waals surface area (Å²) in [5, 5.41) is 13.2. The Bertz CT molecular complexity index is 1390. The molecule has 1 amide bonds. The lowest BCUT2D eigenvalue weighted by molar-refractivity contribution is 0.102. The van der Waals surface area contributed by atoms with Gasteiger partial charge in [-0.05, 0) is 73.1 Å². The Kier molecular flexibility index (Phi) is 6.26. The topological polar surface area (TPSA) is 90.3 Å². The monoisotopic (exact) mass is 491 g/mol. The minimum Gasteiger partial charge on any atom is -0.312 e. The predicted molar refractivity (Wildman–Crippen MR) is 132 cm³/mol. The number of thiophene rings is 1. The number of nitrogens with one attached hydrogen (secondary N) is 1. The molecular formula is C26H25N3O3S2. The lowest BCUT2D eigenvalue weighted by Gasteiger charge is -2.28. The van der Waals surface area contributed by atoms with E-state index in [1.54, 1.807) is 0 Å². The van der Waals surface area contributed by atoms with Crippen molar-refractivity contribution in [2.24, 2.45) is 0 Å². The predicted octanol–water partition coefficient (Wildman–Crippen LogP) is 4.89. The quantitative estimate of drug-likeness (QED) is 0.526. The lowest BCUT2D eigenvalue weighted by atomic mass is 10.0. The van der Waals surface area contributed by atoms with Crippen molar-refractivity contribution in [1.29, 1.82) is 5.26 Å². The van der Waals surface area contributed by atoms with Crippen LogP contribution in [0.2, 0.25) is 0 Å². The van der Waals surface area contributed by atoms with E-state index in [1.165, 1.54) is 50.3 Å². The Morgan fingerprint density at radius 2 is 1.71 bits per heavy atom. The average Bonchev–Trinajstić information content (AvgIpc) is 3.02. The molecule has 34 heavy (non-hydrogen) atoms. The maximum Gasteiger partial charge on any atom is 0.256 e. The van der Waals surface area contributed by atoms with Crippen LogP contribution in [0.1, 0.15) is 56.8 Å². The van der Waals surface area contributed by atoms with Crippen LogP contribution in [-0.4, -0.2) is 25.2 Å². The van der Waals surface area contributed by atoms with Crippen LogP contribution in [0.25, 0.3) is 0 Å². The van der Waals surface area contributed by atoms with Crippen molar-refractivity contribution in [2.75, 3.05) is 11.9 Å². The number of carbonyl (C=O) groups is 1. The van der Waals surface area contributed by atoms with Crippen LogP contribution in [-0.2, 0) is 35.8 Å². The molecule has 3 aromatic rings. The normalized spacial score (nSPS) is 16.1. The molecular weight excluding hydrogens is 466 g/mol. The number of hydrogen-bond acceptors (Lipinski definition) is 5. The van der Waals surface area contributed by atoms with Crippen molar-refractivity contribution in [2.45, 2.75) is 50.0 Å². The molecule has 174 valence electrons. The second-order valence-electron chi connectivity index (χ2n) is 8.72. The molecule has 1 aliphatic carbocycles. The number of hydrogen-bond donors (Lipinski definition) is 1. The van der Waals surface area contributed by atoms with E-state index < -0.39 is 10.0 Å². The molecule has 0 unspecified atom stereocenters. The molecule has 0 bridgehead atoms. The molecule has 1 aliphatic heterocycles. The number of fused-ring (bicyclic) bond motifs is 2. The van der Waals surface area contributed by atoms with E-state index in [4.69, 9.17) is 0 Å². The molecule has 0 radical (unpaired) electrons. The average molecular weight is 492 g/mol. The van der Waals surface area contributed by atoms with E-state index in [-0.39, 0.29) is 10.8 Å². The van der Waals surface area contributed by atoms with E-state index in [1.807, 2.05) is 24.3 Å². The Morgan fingerprint density at radius 3 is 2.47 bits per heavy atom. The molecule has 2 aromatic carbocycles. The van der Waals surface area contributed by atoms with Crippen molar-refractivity contribution in [3.8, 4) is 6.07 Å². The second kappa shape index (κ2) is 9.34. The molecule has 0 spiro atoms. The van der Waals surface area contributed by atoms with E-state index in [0.29, 0.717) is 35.6 Å². The smallest absolute Gasteiger partial charge is 0.256 e. The van der Waals surface area contributed by atoms with Gasteiger partial charge in [-0.3, -0.25) is 4.79 Å². The van der Waals surface area contributed by atoms with Gasteiger partial charge in [0.05, 0.1) is 10.5 Å². The molecule has 5 rings (SSSR count). The zero-order valence-electron chi connectivity index (χ0n) is 18.7. The highest BCUT2D eigenvalue weighted by atomic mass is 32.2. The minimum atomic E-state index is -3.66. The second-order valence-corrected chi connectivity index (χ2v) is 11.8. The van der Waals surface area contributed by atoms with Crippen LogP contribution >= 0.6 is 11.3 Å². The van der Waals surface area contributed by atoms with Crippen molar-refractivity contribution >= 4 is 32.3 Å². The van der Waals surface area contributed by atoms with Crippen molar-refractivity contribution < 1.29 is 13.2 Å². The van der Waals surface area contributed by atoms with Crippen LogP contribution in [0, 0.1) is 11.3 Å². The minimum absolute atomic E-state index is 0.170. The first-order valence-electron chi connectivity index (χ1n) is 11.5. The summed E-state index contributed by atoms with van der Waals surface area (Å²) in [6, 6.07) is 16.2. The number of aryl methyl sites for hydroxylation is 1. The number of carbonyl (C=O) groups excluding carboxylic acids is 1. The maximum atomic E-state index is 13.2. The highest BCUT2D eigenvalue weighted by Crippen LogP contribution is 2.37. The maximum absolute atomic E-state index is 13.2. The number of nitriles is 1. The molecule has 0 saturated heterocycles. The van der Waals surface area contributed by atoms with E-state index in [0.717, 1.165) is 43.2 Å². The summed E-state index contributed by atoms with van der Waals surface area (Å²) in [6.07, 6.45) is 5.82. The van der Waals surface area contributed by atoms with Gasteiger partial charge in [-0.1, -0.05) is 30.7 Å². The highest BCUT2D eigenvalue weighted by Gasteiger charge is 2.28. The van der Waals surface area contributed by atoms with Crippen LogP contribution in [0.15, 0.2) is 53.4 Å². The summed E-state index contributed by atoms with van der Waals surface area (Å²) >= 11 is 1.49. The third kappa shape index (κ3) is 4.27. The van der Waals surface area contributed by atoms with Gasteiger partial charge in [-0.25, -0.2) is 8.42 Å². The molecule has 0 fully saturated rings. The SMILES string of the molecule is N#Cc1c(NC(=O)c2ccc(S(=O)(=O)N3CCc4ccccc4C3)cc2)sc2c1CCCCC2. The summed E-state index contributed by atoms with van der Waals surface area (Å²) in [7, 11) is -3.66. The van der Waals surface area contributed by atoms with Gasteiger partial charge in [0, 0.05) is 23.5 Å². The number of sulfonamides is 1. The van der Waals surface area contributed by atoms with Crippen LogP contribution in [0.3, 0.4) is 0 Å². The van der Waals surface area contributed by atoms with Gasteiger partial charge in [-0.15, -0.1) is 11.3 Å². The van der Waals surface area contributed by atoms with Gasteiger partial charge in [0.2, 0.25) is 10.0 Å². The number of amides is 1. The van der Waals surface area contributed by atoms with Crippen LogP contribution in [0.5, 0.6) is 0 Å². The van der Waals surface area contributed by atoms with E-state index in [2.05, 4.69) is 11.4 Å². The Morgan fingerprint density at radius 1 is 0.971 bits per heavy atom. The molecule has 2 aliphatic rings. The zero-order chi connectivity index (χ0) is 23.7. The summed E-state index contributed by atoms with van der Waals surface area (Å²) in [5.74, 6) is -0.344. The molecule has 1 aromatic heterocycles. The zero-order valence-corrected chi connectivity index (χ0v) is 20.3. The molecule has 8 heteroatoms. The standard InChI is InChI=1S/C26H25N3O3S2/c27-16-23-22-8-2-1-3-9-24(22)33-26(23)28-25(30)19-10-12-21(13-11-19)34(31,32)29-15-14-18-6-4-5-7-20(18)17-29/h4-7,10-13H,1-3,8-9,14-15,17H2,(H,28,30). The van der Waals surface area contributed by atoms with Crippen molar-refractivity contribution in [3.05, 3.63) is 81.2 Å². The lowest BCUT2D eigenvalue weighted by Crippen LogP contribution is -2.35. The third-order valence-corrected chi connectivity index (χ3v) is 9.68. The van der Waals surface area contributed by atoms with Crippen LogP contribution < -0.4 is 5.32 Å². The van der Waals surface area contributed by atoms with Crippen LogP contribution in [0.4, 0.5) is 5.00 Å². The molecule has 1 N–H and O–H groups in total. The van der Waals surface area contributed by atoms with Gasteiger partial charge >= 0.3 is 0 Å². The van der Waals surface area contributed by atoms with Crippen molar-refractivity contribution in [1.82, 2.24) is 4.31 Å². The molecule has 0 atom stereocenters. The molecule has 0 saturated carbocycles. The first-order valence-corrected chi connectivity index (χ1v) is 13.8. The number of rotatable bonds is 4. The summed E-state index contributed by atoms with van der Waals surface area (Å²) < 4.78 is 27.9. The van der Waals surface area contributed by atoms with Crippen molar-refractivity contribution in [3.63, 3.8) is 0 Å². The summed E-state index contributed by atoms with van der Waals surface area (Å²) in [6.45, 7) is 0.780. The molecule has 2 heterocycles. The Balaban J connectivity index is 1.33. The number of nitrogens with zero attached hydrogens (tertiary/aromatic N) is 2. The molecule has 6 nitrogen and oxygen atoms in total. The first-order chi connectivity index (χ1) is 16.5.